The summed E-state index contributed by atoms with van der Waals surface area (Å²) in [5.41, 5.74) is 1.54. The summed E-state index contributed by atoms with van der Waals surface area (Å²) in [6.45, 7) is 4.99. The molecule has 1 aromatic heterocycles. The lowest BCUT2D eigenvalue weighted by molar-refractivity contribution is -0.120. The predicted molar refractivity (Wildman–Crippen MR) is 104 cm³/mol. The average Bonchev–Trinajstić information content (AvgIpc) is 3.14. The van der Waals surface area contributed by atoms with Crippen LogP contribution in [0.2, 0.25) is 5.02 Å². The topological polar surface area (TPSA) is 84.3 Å². The summed E-state index contributed by atoms with van der Waals surface area (Å²) >= 11 is 6.18. The molecule has 2 heterocycles. The largest absolute Gasteiger partial charge is 0.336 e. The molecule has 1 N–H and O–H groups in total. The fourth-order valence-corrected chi connectivity index (χ4v) is 4.85. The van der Waals surface area contributed by atoms with E-state index in [2.05, 4.69) is 10.3 Å². The molecule has 0 radical (unpaired) electrons. The van der Waals surface area contributed by atoms with Crippen LogP contribution in [0.4, 0.5) is 5.69 Å². The highest BCUT2D eigenvalue weighted by atomic mass is 35.5. The van der Waals surface area contributed by atoms with Crippen LogP contribution in [0.25, 0.3) is 0 Å². The van der Waals surface area contributed by atoms with Gasteiger partial charge in [-0.2, -0.15) is 4.31 Å². The third kappa shape index (κ3) is 4.34. The van der Waals surface area contributed by atoms with Crippen molar-refractivity contribution in [2.75, 3.05) is 18.4 Å². The van der Waals surface area contributed by atoms with Crippen LogP contribution in [0.1, 0.15) is 25.3 Å². The number of anilines is 1. The Hall–Kier alpha value is -1.90. The van der Waals surface area contributed by atoms with Crippen LogP contribution in [0.3, 0.4) is 0 Å². The predicted octanol–water partition coefficient (Wildman–Crippen LogP) is 2.90. The highest BCUT2D eigenvalue weighted by Crippen LogP contribution is 2.27. The van der Waals surface area contributed by atoms with Gasteiger partial charge in [-0.3, -0.25) is 4.79 Å². The van der Waals surface area contributed by atoms with Gasteiger partial charge >= 0.3 is 0 Å². The average molecular weight is 411 g/mol. The van der Waals surface area contributed by atoms with Gasteiger partial charge < -0.3 is 9.88 Å². The second kappa shape index (κ2) is 8.00. The molecule has 0 bridgehead atoms. The SMILES string of the molecule is CCn1cnc(S(=O)(=O)N2CCCC(C(=O)Nc3ccc(C)cc3Cl)C2)c1. The van der Waals surface area contributed by atoms with Gasteiger partial charge in [0.1, 0.15) is 0 Å². The molecule has 1 aliphatic rings. The van der Waals surface area contributed by atoms with Crippen molar-refractivity contribution in [2.45, 2.75) is 38.3 Å². The number of carbonyl (C=O) groups is 1. The van der Waals surface area contributed by atoms with Gasteiger partial charge in [-0.1, -0.05) is 17.7 Å². The maximum Gasteiger partial charge on any atom is 0.262 e. The van der Waals surface area contributed by atoms with Crippen molar-refractivity contribution in [3.8, 4) is 0 Å². The minimum absolute atomic E-state index is 0.0204. The van der Waals surface area contributed by atoms with Crippen molar-refractivity contribution in [1.82, 2.24) is 13.9 Å². The number of piperidine rings is 1. The molecule has 27 heavy (non-hydrogen) atoms. The van der Waals surface area contributed by atoms with Gasteiger partial charge in [-0.15, -0.1) is 0 Å². The second-order valence-corrected chi connectivity index (χ2v) is 9.01. The highest BCUT2D eigenvalue weighted by Gasteiger charge is 2.34. The molecule has 2 aromatic rings. The van der Waals surface area contributed by atoms with Crippen molar-refractivity contribution < 1.29 is 13.2 Å². The van der Waals surface area contributed by atoms with E-state index in [1.54, 1.807) is 16.7 Å². The highest BCUT2D eigenvalue weighted by molar-refractivity contribution is 7.89. The Morgan fingerprint density at radius 1 is 1.41 bits per heavy atom. The smallest absolute Gasteiger partial charge is 0.262 e. The van der Waals surface area contributed by atoms with E-state index in [0.29, 0.717) is 36.6 Å². The monoisotopic (exact) mass is 410 g/mol. The van der Waals surface area contributed by atoms with Crippen molar-refractivity contribution in [3.63, 3.8) is 0 Å². The summed E-state index contributed by atoms with van der Waals surface area (Å²) < 4.78 is 28.7. The van der Waals surface area contributed by atoms with Gasteiger partial charge in [-0.25, -0.2) is 13.4 Å². The number of rotatable bonds is 5. The Kier molecular flexibility index (Phi) is 5.88. The van der Waals surface area contributed by atoms with Gasteiger partial charge in [0.15, 0.2) is 5.03 Å². The molecule has 0 spiro atoms. The molecule has 0 saturated carbocycles. The van der Waals surface area contributed by atoms with E-state index in [4.69, 9.17) is 11.6 Å². The summed E-state index contributed by atoms with van der Waals surface area (Å²) in [6.07, 6.45) is 4.27. The van der Waals surface area contributed by atoms with Gasteiger partial charge in [0.05, 0.1) is 23.0 Å². The Balaban J connectivity index is 1.72. The summed E-state index contributed by atoms with van der Waals surface area (Å²) in [7, 11) is -3.71. The lowest BCUT2D eigenvalue weighted by atomic mass is 9.98. The zero-order chi connectivity index (χ0) is 19.6. The molecule has 0 aliphatic carbocycles. The molecule has 3 rings (SSSR count). The fourth-order valence-electron chi connectivity index (χ4n) is 3.11. The molecule has 1 unspecified atom stereocenters. The van der Waals surface area contributed by atoms with Crippen molar-refractivity contribution in [2.24, 2.45) is 5.92 Å². The number of nitrogens with zero attached hydrogens (tertiary/aromatic N) is 3. The molecule has 1 saturated heterocycles. The van der Waals surface area contributed by atoms with Crippen LogP contribution in [0, 0.1) is 12.8 Å². The van der Waals surface area contributed by atoms with Crippen molar-refractivity contribution in [3.05, 3.63) is 41.3 Å². The van der Waals surface area contributed by atoms with Crippen LogP contribution < -0.4 is 5.32 Å². The van der Waals surface area contributed by atoms with E-state index >= 15 is 0 Å². The number of amides is 1. The maximum absolute atomic E-state index is 12.8. The van der Waals surface area contributed by atoms with Gasteiger partial charge in [0.25, 0.3) is 10.0 Å². The number of hydrogen-bond donors (Lipinski definition) is 1. The molecule has 7 nitrogen and oxygen atoms in total. The number of nitrogens with one attached hydrogen (secondary N) is 1. The third-order valence-electron chi connectivity index (χ3n) is 4.72. The lowest BCUT2D eigenvalue weighted by Crippen LogP contribution is -2.43. The number of sulfonamides is 1. The van der Waals surface area contributed by atoms with Gasteiger partial charge in [0, 0.05) is 25.8 Å². The van der Waals surface area contributed by atoms with Crippen molar-refractivity contribution in [1.29, 1.82) is 0 Å². The third-order valence-corrected chi connectivity index (χ3v) is 6.78. The summed E-state index contributed by atoms with van der Waals surface area (Å²) in [6, 6.07) is 5.40. The summed E-state index contributed by atoms with van der Waals surface area (Å²) in [4.78, 5) is 16.7. The minimum atomic E-state index is -3.71. The number of halogens is 1. The molecule has 1 amide bonds. The molecule has 1 aliphatic heterocycles. The maximum atomic E-state index is 12.8. The Bertz CT molecular complexity index is 942. The second-order valence-electron chi connectivity index (χ2n) is 6.72. The Labute approximate surface area is 164 Å². The van der Waals surface area contributed by atoms with E-state index in [9.17, 15) is 13.2 Å². The molecule has 9 heteroatoms. The van der Waals surface area contributed by atoms with E-state index in [1.165, 1.54) is 16.8 Å². The first-order valence-corrected chi connectivity index (χ1v) is 10.7. The minimum Gasteiger partial charge on any atom is -0.336 e. The molecule has 1 fully saturated rings. The quantitative estimate of drug-likeness (QED) is 0.821. The zero-order valence-corrected chi connectivity index (χ0v) is 16.9. The first kappa shape index (κ1) is 19.9. The van der Waals surface area contributed by atoms with E-state index in [0.717, 1.165) is 5.56 Å². The van der Waals surface area contributed by atoms with Crippen LogP contribution in [-0.4, -0.2) is 41.3 Å². The number of aryl methyl sites for hydroxylation is 2. The summed E-state index contributed by atoms with van der Waals surface area (Å²) in [5.74, 6) is -0.654. The number of hydrogen-bond acceptors (Lipinski definition) is 4. The Morgan fingerprint density at radius 2 is 2.19 bits per heavy atom. The standard InChI is InChI=1S/C18H23ClN4O3S/c1-3-22-11-17(20-12-22)27(25,26)23-8-4-5-14(10-23)18(24)21-16-7-6-13(2)9-15(16)19/h6-7,9,11-12,14H,3-5,8,10H2,1-2H3,(H,21,24). The summed E-state index contributed by atoms with van der Waals surface area (Å²) in [5, 5.41) is 3.31. The molecule has 146 valence electrons. The van der Waals surface area contributed by atoms with Crippen LogP contribution >= 0.6 is 11.6 Å². The number of aromatic nitrogens is 2. The molecule has 1 atom stereocenters. The molecular weight excluding hydrogens is 388 g/mol. The van der Waals surface area contributed by atoms with E-state index in [1.807, 2.05) is 19.9 Å². The molecule has 1 aromatic carbocycles. The van der Waals surface area contributed by atoms with E-state index < -0.39 is 15.9 Å². The van der Waals surface area contributed by atoms with Gasteiger partial charge in [-0.05, 0) is 44.4 Å². The normalized spacial score (nSPS) is 18.4. The number of benzene rings is 1. The Morgan fingerprint density at radius 3 is 2.85 bits per heavy atom. The first-order valence-electron chi connectivity index (χ1n) is 8.90. The first-order chi connectivity index (χ1) is 12.8. The van der Waals surface area contributed by atoms with Crippen molar-refractivity contribution >= 4 is 33.2 Å². The van der Waals surface area contributed by atoms with E-state index in [-0.39, 0.29) is 17.5 Å². The van der Waals surface area contributed by atoms with Gasteiger partial charge in [0.2, 0.25) is 5.91 Å². The lowest BCUT2D eigenvalue weighted by Gasteiger charge is -2.30. The zero-order valence-electron chi connectivity index (χ0n) is 15.4. The molecular formula is C18H23ClN4O3S. The fraction of sp³-hybridized carbons (Fsp3) is 0.444. The van der Waals surface area contributed by atoms with Crippen LogP contribution in [0.5, 0.6) is 0 Å². The van der Waals surface area contributed by atoms with Crippen LogP contribution in [-0.2, 0) is 21.4 Å². The number of imidazole rings is 1. The van der Waals surface area contributed by atoms with Crippen LogP contribution in [0.15, 0.2) is 35.7 Å². The number of carbonyl (C=O) groups excluding carboxylic acids is 1.